The van der Waals surface area contributed by atoms with Gasteiger partial charge < -0.3 is 4.74 Å². The molecular formula is C13H8F3N3O. The fraction of sp³-hybridized carbons (Fsp3) is 0.154. The minimum Gasteiger partial charge on any atom is -0.494 e. The molecule has 0 saturated heterocycles. The minimum absolute atomic E-state index is 0.0305. The molecule has 0 unspecified atom stereocenters. The van der Waals surface area contributed by atoms with Gasteiger partial charge in [-0.2, -0.15) is 18.4 Å². The standard InChI is InChI=1S/C13H8F3N3O/c1-20-10-6-11(13(14,15)16)18-19-12(10)9-4-2-8(7-17)3-5-9/h2-6H,1H3. The van der Waals surface area contributed by atoms with E-state index in [1.807, 2.05) is 6.07 Å². The SMILES string of the molecule is COc1cc(C(F)(F)F)nnc1-c1ccc(C#N)cc1. The summed E-state index contributed by atoms with van der Waals surface area (Å²) < 4.78 is 42.6. The number of hydrogen-bond acceptors (Lipinski definition) is 4. The van der Waals surface area contributed by atoms with Crippen molar-refractivity contribution in [2.24, 2.45) is 0 Å². The van der Waals surface area contributed by atoms with Gasteiger partial charge in [-0.05, 0) is 12.1 Å². The molecule has 2 rings (SSSR count). The highest BCUT2D eigenvalue weighted by atomic mass is 19.4. The summed E-state index contributed by atoms with van der Waals surface area (Å²) >= 11 is 0. The smallest absolute Gasteiger partial charge is 0.435 e. The highest BCUT2D eigenvalue weighted by Gasteiger charge is 2.34. The van der Waals surface area contributed by atoms with Crippen LogP contribution in [0.5, 0.6) is 5.75 Å². The van der Waals surface area contributed by atoms with Crippen LogP contribution in [0.1, 0.15) is 11.3 Å². The molecule has 0 atom stereocenters. The number of halogens is 3. The number of rotatable bonds is 2. The molecule has 0 aliphatic carbocycles. The van der Waals surface area contributed by atoms with Crippen LogP contribution < -0.4 is 4.74 Å². The summed E-state index contributed by atoms with van der Waals surface area (Å²) in [5.41, 5.74) is 0.0198. The maximum atomic E-state index is 12.5. The lowest BCUT2D eigenvalue weighted by Gasteiger charge is -2.10. The van der Waals surface area contributed by atoms with E-state index in [9.17, 15) is 13.2 Å². The molecule has 0 aliphatic heterocycles. The van der Waals surface area contributed by atoms with Crippen LogP contribution in [0.2, 0.25) is 0 Å². The molecule has 0 amide bonds. The average Bonchev–Trinajstić information content (AvgIpc) is 2.45. The quantitative estimate of drug-likeness (QED) is 0.847. The molecule has 7 heteroatoms. The first-order valence-corrected chi connectivity index (χ1v) is 5.45. The van der Waals surface area contributed by atoms with Gasteiger partial charge in [0.05, 0.1) is 18.7 Å². The van der Waals surface area contributed by atoms with Crippen molar-refractivity contribution < 1.29 is 17.9 Å². The van der Waals surface area contributed by atoms with Gasteiger partial charge in [0.15, 0.2) is 5.69 Å². The van der Waals surface area contributed by atoms with Crippen LogP contribution in [-0.2, 0) is 6.18 Å². The Hall–Kier alpha value is -2.62. The highest BCUT2D eigenvalue weighted by Crippen LogP contribution is 2.33. The number of alkyl halides is 3. The summed E-state index contributed by atoms with van der Waals surface area (Å²) in [4.78, 5) is 0. The number of hydrogen-bond donors (Lipinski definition) is 0. The van der Waals surface area contributed by atoms with Crippen molar-refractivity contribution in [3.05, 3.63) is 41.6 Å². The van der Waals surface area contributed by atoms with E-state index in [0.29, 0.717) is 11.1 Å². The molecule has 102 valence electrons. The van der Waals surface area contributed by atoms with Gasteiger partial charge in [0.2, 0.25) is 0 Å². The Morgan fingerprint density at radius 2 is 1.80 bits per heavy atom. The van der Waals surface area contributed by atoms with Gasteiger partial charge in [-0.15, -0.1) is 10.2 Å². The van der Waals surface area contributed by atoms with Crippen molar-refractivity contribution in [3.8, 4) is 23.1 Å². The van der Waals surface area contributed by atoms with Gasteiger partial charge >= 0.3 is 6.18 Å². The molecule has 0 fully saturated rings. The van der Waals surface area contributed by atoms with Crippen molar-refractivity contribution in [1.82, 2.24) is 10.2 Å². The van der Waals surface area contributed by atoms with E-state index in [1.54, 1.807) is 12.1 Å². The number of ether oxygens (including phenoxy) is 1. The first kappa shape index (κ1) is 13.8. The van der Waals surface area contributed by atoms with Gasteiger partial charge in [-0.3, -0.25) is 0 Å². The molecule has 1 aromatic carbocycles. The summed E-state index contributed by atoms with van der Waals surface area (Å²) in [6.07, 6.45) is -4.58. The summed E-state index contributed by atoms with van der Waals surface area (Å²) in [6, 6.07) is 8.95. The zero-order chi connectivity index (χ0) is 14.8. The van der Waals surface area contributed by atoms with Crippen molar-refractivity contribution >= 4 is 0 Å². The van der Waals surface area contributed by atoms with Crippen LogP contribution in [0.3, 0.4) is 0 Å². The number of benzene rings is 1. The van der Waals surface area contributed by atoms with Crippen molar-refractivity contribution in [1.29, 1.82) is 5.26 Å². The van der Waals surface area contributed by atoms with Gasteiger partial charge in [0.1, 0.15) is 11.4 Å². The van der Waals surface area contributed by atoms with E-state index in [-0.39, 0.29) is 11.4 Å². The van der Waals surface area contributed by atoms with Crippen LogP contribution in [0.25, 0.3) is 11.3 Å². The Labute approximate surface area is 112 Å². The zero-order valence-electron chi connectivity index (χ0n) is 10.3. The monoisotopic (exact) mass is 279 g/mol. The fourth-order valence-electron chi connectivity index (χ4n) is 1.57. The Bertz CT molecular complexity index is 660. The molecule has 0 bridgehead atoms. The molecule has 20 heavy (non-hydrogen) atoms. The van der Waals surface area contributed by atoms with Crippen molar-refractivity contribution in [3.63, 3.8) is 0 Å². The molecule has 4 nitrogen and oxygen atoms in total. The molecule has 0 radical (unpaired) electrons. The molecule has 1 heterocycles. The second-order valence-corrected chi connectivity index (χ2v) is 3.83. The third-order valence-corrected chi connectivity index (χ3v) is 2.56. The first-order valence-electron chi connectivity index (χ1n) is 5.45. The normalized spacial score (nSPS) is 10.9. The lowest BCUT2D eigenvalue weighted by molar-refractivity contribution is -0.141. The van der Waals surface area contributed by atoms with Crippen LogP contribution in [0.15, 0.2) is 30.3 Å². The van der Waals surface area contributed by atoms with Crippen LogP contribution >= 0.6 is 0 Å². The van der Waals surface area contributed by atoms with E-state index < -0.39 is 11.9 Å². The van der Waals surface area contributed by atoms with Crippen molar-refractivity contribution in [2.45, 2.75) is 6.18 Å². The van der Waals surface area contributed by atoms with Crippen LogP contribution in [-0.4, -0.2) is 17.3 Å². The van der Waals surface area contributed by atoms with Crippen LogP contribution in [0, 0.1) is 11.3 Å². The molecule has 0 N–H and O–H groups in total. The molecule has 0 saturated carbocycles. The fourth-order valence-corrected chi connectivity index (χ4v) is 1.57. The molecular weight excluding hydrogens is 271 g/mol. The maximum Gasteiger partial charge on any atom is 0.435 e. The van der Waals surface area contributed by atoms with Gasteiger partial charge in [0, 0.05) is 11.6 Å². The summed E-state index contributed by atoms with van der Waals surface area (Å²) in [5, 5.41) is 15.4. The summed E-state index contributed by atoms with van der Waals surface area (Å²) in [6.45, 7) is 0. The lowest BCUT2D eigenvalue weighted by Crippen LogP contribution is -2.10. The van der Waals surface area contributed by atoms with Crippen molar-refractivity contribution in [2.75, 3.05) is 7.11 Å². The Morgan fingerprint density at radius 3 is 2.30 bits per heavy atom. The van der Waals surface area contributed by atoms with E-state index in [1.165, 1.54) is 19.2 Å². The van der Waals surface area contributed by atoms with E-state index >= 15 is 0 Å². The minimum atomic E-state index is -4.58. The topological polar surface area (TPSA) is 58.8 Å². The van der Waals surface area contributed by atoms with Gasteiger partial charge in [-0.1, -0.05) is 12.1 Å². The largest absolute Gasteiger partial charge is 0.494 e. The highest BCUT2D eigenvalue weighted by molar-refractivity contribution is 5.66. The van der Waals surface area contributed by atoms with E-state index in [4.69, 9.17) is 10.00 Å². The van der Waals surface area contributed by atoms with E-state index in [0.717, 1.165) is 6.07 Å². The Morgan fingerprint density at radius 1 is 1.15 bits per heavy atom. The lowest BCUT2D eigenvalue weighted by atomic mass is 10.1. The first-order chi connectivity index (χ1) is 9.45. The Kier molecular flexibility index (Phi) is 3.57. The second kappa shape index (κ2) is 5.17. The number of nitrogens with zero attached hydrogens (tertiary/aromatic N) is 3. The zero-order valence-corrected chi connectivity index (χ0v) is 10.3. The van der Waals surface area contributed by atoms with Gasteiger partial charge in [0.25, 0.3) is 0 Å². The predicted octanol–water partition coefficient (Wildman–Crippen LogP) is 3.04. The second-order valence-electron chi connectivity index (χ2n) is 3.83. The summed E-state index contributed by atoms with van der Waals surface area (Å²) in [5.74, 6) is -0.0305. The molecule has 0 aliphatic rings. The molecule has 2 aromatic rings. The molecule has 0 spiro atoms. The third kappa shape index (κ3) is 2.69. The predicted molar refractivity (Wildman–Crippen MR) is 63.7 cm³/mol. The third-order valence-electron chi connectivity index (χ3n) is 2.56. The maximum absolute atomic E-state index is 12.5. The average molecular weight is 279 g/mol. The number of methoxy groups -OCH3 is 1. The van der Waals surface area contributed by atoms with Crippen LogP contribution in [0.4, 0.5) is 13.2 Å². The number of nitriles is 1. The summed E-state index contributed by atoms with van der Waals surface area (Å²) in [7, 11) is 1.25. The van der Waals surface area contributed by atoms with Gasteiger partial charge in [-0.25, -0.2) is 0 Å². The Balaban J connectivity index is 2.49. The number of aromatic nitrogens is 2. The molecule has 1 aromatic heterocycles. The van der Waals surface area contributed by atoms with E-state index in [2.05, 4.69) is 10.2 Å².